The summed E-state index contributed by atoms with van der Waals surface area (Å²) < 4.78 is 12.3. The minimum atomic E-state index is -1.82. The molecule has 1 aromatic rings. The van der Waals surface area contributed by atoms with Crippen molar-refractivity contribution in [3.8, 4) is 5.75 Å². The van der Waals surface area contributed by atoms with Gasteiger partial charge in [-0.15, -0.1) is 0 Å². The number of likely N-dealkylation sites (N-methyl/N-ethyl adjacent to an activating group) is 1. The van der Waals surface area contributed by atoms with Crippen molar-refractivity contribution in [2.75, 3.05) is 20.7 Å². The summed E-state index contributed by atoms with van der Waals surface area (Å²) in [5.74, 6) is -1.76. The largest absolute Gasteiger partial charge is 0.486 e. The van der Waals surface area contributed by atoms with E-state index in [0.29, 0.717) is 6.04 Å². The van der Waals surface area contributed by atoms with Crippen molar-refractivity contribution in [1.29, 1.82) is 0 Å². The first-order chi connectivity index (χ1) is 12.9. The highest BCUT2D eigenvalue weighted by molar-refractivity contribution is 6.27. The normalized spacial score (nSPS) is 35.3. The van der Waals surface area contributed by atoms with E-state index < -0.39 is 11.9 Å². The molecule has 4 aliphatic rings. The summed E-state index contributed by atoms with van der Waals surface area (Å²) >= 11 is 0. The lowest BCUT2D eigenvalue weighted by Crippen LogP contribution is -2.66. The van der Waals surface area contributed by atoms with E-state index in [-0.39, 0.29) is 17.6 Å². The number of carbonyl (C=O) groups is 2. The fourth-order valence-corrected chi connectivity index (χ4v) is 5.90. The van der Waals surface area contributed by atoms with Crippen LogP contribution in [0, 0.1) is 5.92 Å². The number of hydrogen-bond acceptors (Lipinski definition) is 5. The molecule has 5 rings (SSSR count). The third-order valence-corrected chi connectivity index (χ3v) is 6.92. The third-order valence-electron chi connectivity index (χ3n) is 6.92. The van der Waals surface area contributed by atoms with Gasteiger partial charge in [0.25, 0.3) is 0 Å². The second-order valence-corrected chi connectivity index (χ2v) is 7.94. The molecule has 5 atom stereocenters. The molecule has 2 fully saturated rings. The fraction of sp³-hybridized carbons (Fsp3) is 0.600. The van der Waals surface area contributed by atoms with Crippen molar-refractivity contribution in [3.63, 3.8) is 0 Å². The number of carboxylic acid groups (broad SMARTS) is 2. The lowest BCUT2D eigenvalue weighted by atomic mass is 9.51. The van der Waals surface area contributed by atoms with Crippen LogP contribution in [0.2, 0.25) is 0 Å². The average molecular weight is 375 g/mol. The molecule has 1 aromatic carbocycles. The van der Waals surface area contributed by atoms with Gasteiger partial charge in [0.2, 0.25) is 0 Å². The number of piperidine rings is 1. The summed E-state index contributed by atoms with van der Waals surface area (Å²) in [6.07, 6.45) is 5.32. The molecule has 0 aromatic heterocycles. The predicted molar refractivity (Wildman–Crippen MR) is 96.1 cm³/mol. The Morgan fingerprint density at radius 1 is 1.26 bits per heavy atom. The smallest absolute Gasteiger partial charge is 0.414 e. The van der Waals surface area contributed by atoms with Gasteiger partial charge in [0.15, 0.2) is 0 Å². The molecule has 2 heterocycles. The zero-order chi connectivity index (χ0) is 19.3. The van der Waals surface area contributed by atoms with Crippen LogP contribution < -0.4 is 4.74 Å². The maximum atomic E-state index is 9.10. The summed E-state index contributed by atoms with van der Waals surface area (Å²) in [6.45, 7) is 1.19. The molecule has 1 saturated carbocycles. The van der Waals surface area contributed by atoms with Gasteiger partial charge in [-0.3, -0.25) is 0 Å². The van der Waals surface area contributed by atoms with Crippen molar-refractivity contribution < 1.29 is 29.3 Å². The highest BCUT2D eigenvalue weighted by Crippen LogP contribution is 2.62. The number of methoxy groups -OCH3 is 1. The molecule has 146 valence electrons. The van der Waals surface area contributed by atoms with Gasteiger partial charge in [-0.2, -0.15) is 0 Å². The first-order valence-corrected chi connectivity index (χ1v) is 9.38. The highest BCUT2D eigenvalue weighted by Gasteiger charge is 2.64. The monoisotopic (exact) mass is 375 g/mol. The number of nitrogens with zero attached hydrogens (tertiary/aromatic N) is 1. The molecular formula is C20H25NO6. The summed E-state index contributed by atoms with van der Waals surface area (Å²) in [6, 6.07) is 7.35. The van der Waals surface area contributed by atoms with Gasteiger partial charge in [0.05, 0.1) is 6.10 Å². The molecule has 27 heavy (non-hydrogen) atoms. The number of ether oxygens (including phenoxy) is 2. The predicted octanol–water partition coefficient (Wildman–Crippen LogP) is 1.53. The van der Waals surface area contributed by atoms with Gasteiger partial charge in [0, 0.05) is 24.1 Å². The van der Waals surface area contributed by atoms with Crippen LogP contribution in [0.4, 0.5) is 0 Å². The molecule has 2 aliphatic carbocycles. The Balaban J connectivity index is 0.000000264. The van der Waals surface area contributed by atoms with Gasteiger partial charge < -0.3 is 24.6 Å². The Kier molecular flexibility index (Phi) is 4.39. The summed E-state index contributed by atoms with van der Waals surface area (Å²) in [5.41, 5.74) is 3.30. The van der Waals surface area contributed by atoms with Crippen LogP contribution in [0.5, 0.6) is 5.75 Å². The molecular weight excluding hydrogens is 350 g/mol. The average Bonchev–Trinajstić information content (AvgIpc) is 2.99. The van der Waals surface area contributed by atoms with Crippen LogP contribution in [-0.4, -0.2) is 66.0 Å². The lowest BCUT2D eigenvalue weighted by molar-refractivity contribution is -0.159. The van der Waals surface area contributed by atoms with Crippen molar-refractivity contribution in [1.82, 2.24) is 4.90 Å². The Labute approximate surface area is 157 Å². The number of benzene rings is 1. The minimum Gasteiger partial charge on any atom is -0.486 e. The van der Waals surface area contributed by atoms with E-state index in [1.807, 2.05) is 7.11 Å². The van der Waals surface area contributed by atoms with Crippen LogP contribution in [0.3, 0.4) is 0 Å². The molecule has 1 saturated heterocycles. The number of hydrogen-bond donors (Lipinski definition) is 2. The standard InChI is InChI=1S/C18H23NO2.C2H2O4/c1-19-9-8-18-12-6-7-15(20-2)17(18)21-14-5-3-4-11(16(14)18)10-13(12)19;3-1(4)2(5)6/h3-5,12-13,15,17H,6-10H2,1-2H3;(H,3,4)(H,5,6)/t12-,13+,15-,17-,18-;/m0./s1. The van der Waals surface area contributed by atoms with Crippen LogP contribution in [0.15, 0.2) is 18.2 Å². The topological polar surface area (TPSA) is 96.3 Å². The van der Waals surface area contributed by atoms with Crippen LogP contribution in [0.25, 0.3) is 0 Å². The van der Waals surface area contributed by atoms with Crippen LogP contribution in [-0.2, 0) is 26.2 Å². The highest BCUT2D eigenvalue weighted by atomic mass is 16.5. The second kappa shape index (κ2) is 6.49. The van der Waals surface area contributed by atoms with Crippen molar-refractivity contribution in [2.24, 2.45) is 5.92 Å². The first-order valence-electron chi connectivity index (χ1n) is 9.38. The van der Waals surface area contributed by atoms with E-state index in [9.17, 15) is 0 Å². The molecule has 1 spiro atoms. The molecule has 0 radical (unpaired) electrons. The SMILES string of the molecule is CO[C@H]1CC[C@H]2[C@H]3Cc4cccc5c4[C@@]2(CCN3C)[C@H]1O5.O=C(O)C(=O)O. The zero-order valence-electron chi connectivity index (χ0n) is 15.6. The van der Waals surface area contributed by atoms with Gasteiger partial charge in [0.1, 0.15) is 11.9 Å². The molecule has 0 amide bonds. The number of rotatable bonds is 1. The summed E-state index contributed by atoms with van der Waals surface area (Å²) in [4.78, 5) is 20.8. The Bertz CT molecular complexity index is 768. The van der Waals surface area contributed by atoms with E-state index in [0.717, 1.165) is 18.1 Å². The fourth-order valence-electron chi connectivity index (χ4n) is 5.90. The molecule has 7 heteroatoms. The number of aliphatic carboxylic acids is 2. The zero-order valence-corrected chi connectivity index (χ0v) is 15.6. The Hall–Kier alpha value is -2.12. The van der Waals surface area contributed by atoms with Crippen molar-refractivity contribution >= 4 is 11.9 Å². The van der Waals surface area contributed by atoms with E-state index >= 15 is 0 Å². The lowest BCUT2D eigenvalue weighted by Gasteiger charge is -2.58. The van der Waals surface area contributed by atoms with Crippen LogP contribution in [0.1, 0.15) is 30.4 Å². The first kappa shape index (κ1) is 18.3. The van der Waals surface area contributed by atoms with Gasteiger partial charge in [-0.25, -0.2) is 9.59 Å². The van der Waals surface area contributed by atoms with Gasteiger partial charge >= 0.3 is 11.9 Å². The molecule has 0 unspecified atom stereocenters. The van der Waals surface area contributed by atoms with E-state index in [1.165, 1.54) is 31.4 Å². The molecule has 7 nitrogen and oxygen atoms in total. The van der Waals surface area contributed by atoms with E-state index in [2.05, 4.69) is 30.1 Å². The van der Waals surface area contributed by atoms with Gasteiger partial charge in [-0.05, 0) is 56.8 Å². The summed E-state index contributed by atoms with van der Waals surface area (Å²) in [7, 11) is 4.16. The van der Waals surface area contributed by atoms with E-state index in [1.54, 1.807) is 5.56 Å². The van der Waals surface area contributed by atoms with Crippen molar-refractivity contribution in [2.45, 2.75) is 49.3 Å². The van der Waals surface area contributed by atoms with Crippen LogP contribution >= 0.6 is 0 Å². The summed E-state index contributed by atoms with van der Waals surface area (Å²) in [5, 5.41) is 14.8. The number of carboxylic acids is 2. The quantitative estimate of drug-likeness (QED) is 0.719. The minimum absolute atomic E-state index is 0.222. The van der Waals surface area contributed by atoms with Gasteiger partial charge in [-0.1, -0.05) is 12.1 Å². The second-order valence-electron chi connectivity index (χ2n) is 7.94. The maximum Gasteiger partial charge on any atom is 0.414 e. The number of likely N-dealkylation sites (tertiary alicyclic amines) is 1. The molecule has 2 bridgehead atoms. The Morgan fingerprint density at radius 2 is 2.00 bits per heavy atom. The molecule has 2 aliphatic heterocycles. The van der Waals surface area contributed by atoms with Crippen molar-refractivity contribution in [3.05, 3.63) is 29.3 Å². The molecule has 2 N–H and O–H groups in total. The third kappa shape index (κ3) is 2.56. The maximum absolute atomic E-state index is 9.10. The Morgan fingerprint density at radius 3 is 2.67 bits per heavy atom. The van der Waals surface area contributed by atoms with E-state index in [4.69, 9.17) is 29.3 Å².